The lowest BCUT2D eigenvalue weighted by molar-refractivity contribution is -0.122. The SMILES string of the molecule is CCC(Oc1ccccc1F)C(=O)Nc1cc(C(=O)O)ccc1OC(C)C. The molecule has 144 valence electrons. The molecule has 0 radical (unpaired) electrons. The maximum Gasteiger partial charge on any atom is 0.335 e. The molecule has 0 aliphatic carbocycles. The molecule has 0 saturated carbocycles. The molecule has 1 atom stereocenters. The summed E-state index contributed by atoms with van der Waals surface area (Å²) in [5, 5.41) is 11.8. The molecule has 0 aromatic heterocycles. The van der Waals surface area contributed by atoms with E-state index in [0.29, 0.717) is 12.2 Å². The molecule has 7 heteroatoms. The Bertz CT molecular complexity index is 822. The van der Waals surface area contributed by atoms with Gasteiger partial charge in [0.15, 0.2) is 17.7 Å². The number of carbonyl (C=O) groups excluding carboxylic acids is 1. The molecule has 0 aliphatic rings. The summed E-state index contributed by atoms with van der Waals surface area (Å²) < 4.78 is 24.9. The second-order valence-corrected chi connectivity index (χ2v) is 6.12. The first-order valence-corrected chi connectivity index (χ1v) is 8.57. The Morgan fingerprint density at radius 3 is 2.41 bits per heavy atom. The van der Waals surface area contributed by atoms with Gasteiger partial charge in [0.25, 0.3) is 5.91 Å². The number of hydrogen-bond acceptors (Lipinski definition) is 4. The predicted octanol–water partition coefficient (Wildman–Crippen LogP) is 4.11. The van der Waals surface area contributed by atoms with Crippen LogP contribution < -0.4 is 14.8 Å². The van der Waals surface area contributed by atoms with E-state index in [1.54, 1.807) is 13.0 Å². The normalized spacial score (nSPS) is 11.7. The molecule has 0 saturated heterocycles. The molecule has 2 rings (SSSR count). The minimum atomic E-state index is -1.13. The molecule has 2 aromatic carbocycles. The molecule has 0 aliphatic heterocycles. The van der Waals surface area contributed by atoms with Crippen molar-refractivity contribution in [3.05, 3.63) is 53.8 Å². The van der Waals surface area contributed by atoms with Crippen LogP contribution in [0.3, 0.4) is 0 Å². The maximum absolute atomic E-state index is 13.8. The van der Waals surface area contributed by atoms with Gasteiger partial charge in [-0.15, -0.1) is 0 Å². The summed E-state index contributed by atoms with van der Waals surface area (Å²) >= 11 is 0. The number of ether oxygens (including phenoxy) is 2. The summed E-state index contributed by atoms with van der Waals surface area (Å²) in [4.78, 5) is 23.8. The van der Waals surface area contributed by atoms with Gasteiger partial charge in [-0.3, -0.25) is 4.79 Å². The Balaban J connectivity index is 2.24. The van der Waals surface area contributed by atoms with Crippen molar-refractivity contribution in [1.29, 1.82) is 0 Å². The highest BCUT2D eigenvalue weighted by molar-refractivity contribution is 5.97. The largest absolute Gasteiger partial charge is 0.489 e. The monoisotopic (exact) mass is 375 g/mol. The molecule has 0 fully saturated rings. The Kier molecular flexibility index (Phi) is 6.76. The van der Waals surface area contributed by atoms with Gasteiger partial charge in [-0.2, -0.15) is 0 Å². The van der Waals surface area contributed by atoms with E-state index in [9.17, 15) is 19.1 Å². The van der Waals surface area contributed by atoms with Crippen LogP contribution in [0.2, 0.25) is 0 Å². The van der Waals surface area contributed by atoms with E-state index in [0.717, 1.165) is 0 Å². The van der Waals surface area contributed by atoms with Gasteiger partial charge in [0.2, 0.25) is 0 Å². The Hall–Kier alpha value is -3.09. The number of halogens is 1. The molecular formula is C20H22FNO5. The third-order valence-corrected chi connectivity index (χ3v) is 3.62. The van der Waals surface area contributed by atoms with Gasteiger partial charge in [-0.1, -0.05) is 19.1 Å². The first kappa shape index (κ1) is 20.2. The van der Waals surface area contributed by atoms with Gasteiger partial charge in [0.05, 0.1) is 17.4 Å². The highest BCUT2D eigenvalue weighted by Gasteiger charge is 2.22. The van der Waals surface area contributed by atoms with E-state index in [2.05, 4.69) is 5.32 Å². The van der Waals surface area contributed by atoms with Gasteiger partial charge in [0, 0.05) is 0 Å². The second kappa shape index (κ2) is 9.02. The number of anilines is 1. The highest BCUT2D eigenvalue weighted by Crippen LogP contribution is 2.28. The summed E-state index contributed by atoms with van der Waals surface area (Å²) in [7, 11) is 0. The van der Waals surface area contributed by atoms with Crippen molar-refractivity contribution in [2.45, 2.75) is 39.4 Å². The minimum absolute atomic E-state index is 0.00415. The summed E-state index contributed by atoms with van der Waals surface area (Å²) in [5.41, 5.74) is 0.216. The van der Waals surface area contributed by atoms with Gasteiger partial charge in [-0.05, 0) is 50.6 Å². The van der Waals surface area contributed by atoms with Crippen molar-refractivity contribution in [2.24, 2.45) is 0 Å². The van der Waals surface area contributed by atoms with Crippen LogP contribution in [0.1, 0.15) is 37.6 Å². The summed E-state index contributed by atoms with van der Waals surface area (Å²) in [6.45, 7) is 5.35. The first-order chi connectivity index (χ1) is 12.8. The molecule has 27 heavy (non-hydrogen) atoms. The molecule has 0 heterocycles. The van der Waals surface area contributed by atoms with Crippen LogP contribution in [0.25, 0.3) is 0 Å². The van der Waals surface area contributed by atoms with Gasteiger partial charge in [-0.25, -0.2) is 9.18 Å². The molecule has 6 nitrogen and oxygen atoms in total. The maximum atomic E-state index is 13.8. The number of para-hydroxylation sites is 1. The van der Waals surface area contributed by atoms with Crippen molar-refractivity contribution in [1.82, 2.24) is 0 Å². The molecule has 2 N–H and O–H groups in total. The van der Waals surface area contributed by atoms with Crippen LogP contribution in [0.5, 0.6) is 11.5 Å². The van der Waals surface area contributed by atoms with E-state index in [1.807, 2.05) is 13.8 Å². The third kappa shape index (κ3) is 5.44. The zero-order valence-corrected chi connectivity index (χ0v) is 15.4. The molecule has 1 amide bonds. The van der Waals surface area contributed by atoms with Crippen LogP contribution in [0, 0.1) is 5.82 Å². The smallest absolute Gasteiger partial charge is 0.335 e. The molecular weight excluding hydrogens is 353 g/mol. The zero-order chi connectivity index (χ0) is 20.0. The Morgan fingerprint density at radius 2 is 1.81 bits per heavy atom. The first-order valence-electron chi connectivity index (χ1n) is 8.57. The second-order valence-electron chi connectivity index (χ2n) is 6.12. The van der Waals surface area contributed by atoms with E-state index >= 15 is 0 Å². The number of hydrogen-bond donors (Lipinski definition) is 2. The molecule has 2 aromatic rings. The number of benzene rings is 2. The standard InChI is InChI=1S/C20H22FNO5/c1-4-16(27-17-8-6-5-7-14(17)21)19(23)22-15-11-13(20(24)25)9-10-18(15)26-12(2)3/h5-12,16H,4H2,1-3H3,(H,22,23)(H,24,25). The van der Waals surface area contributed by atoms with Gasteiger partial charge >= 0.3 is 5.97 Å². The van der Waals surface area contributed by atoms with Gasteiger partial charge in [0.1, 0.15) is 5.75 Å². The van der Waals surface area contributed by atoms with Crippen LogP contribution in [0.15, 0.2) is 42.5 Å². The van der Waals surface area contributed by atoms with Crippen molar-refractivity contribution in [3.8, 4) is 11.5 Å². The predicted molar refractivity (Wildman–Crippen MR) is 98.9 cm³/mol. The number of carboxylic acid groups (broad SMARTS) is 1. The third-order valence-electron chi connectivity index (χ3n) is 3.62. The average Bonchev–Trinajstić information content (AvgIpc) is 2.61. The highest BCUT2D eigenvalue weighted by atomic mass is 19.1. The Morgan fingerprint density at radius 1 is 1.11 bits per heavy atom. The topological polar surface area (TPSA) is 84.9 Å². The zero-order valence-electron chi connectivity index (χ0n) is 15.4. The summed E-state index contributed by atoms with van der Waals surface area (Å²) in [5.74, 6) is -1.92. The number of amides is 1. The summed E-state index contributed by atoms with van der Waals surface area (Å²) in [6.07, 6.45) is -0.839. The lowest BCUT2D eigenvalue weighted by Crippen LogP contribution is -2.33. The van der Waals surface area contributed by atoms with Crippen LogP contribution in [-0.4, -0.2) is 29.2 Å². The number of nitrogens with one attached hydrogen (secondary N) is 1. The van der Waals surface area contributed by atoms with Crippen molar-refractivity contribution >= 4 is 17.6 Å². The van der Waals surface area contributed by atoms with E-state index in [-0.39, 0.29) is 23.1 Å². The lowest BCUT2D eigenvalue weighted by Gasteiger charge is -2.20. The number of rotatable bonds is 8. The lowest BCUT2D eigenvalue weighted by atomic mass is 10.1. The number of carbonyl (C=O) groups is 2. The van der Waals surface area contributed by atoms with Crippen LogP contribution in [-0.2, 0) is 4.79 Å². The fourth-order valence-corrected chi connectivity index (χ4v) is 2.35. The number of carboxylic acids is 1. The number of aromatic carboxylic acids is 1. The van der Waals surface area contributed by atoms with Crippen LogP contribution in [0.4, 0.5) is 10.1 Å². The Labute approximate surface area is 156 Å². The van der Waals surface area contributed by atoms with Crippen molar-refractivity contribution in [3.63, 3.8) is 0 Å². The minimum Gasteiger partial charge on any atom is -0.489 e. The van der Waals surface area contributed by atoms with Crippen molar-refractivity contribution < 1.29 is 28.6 Å². The van der Waals surface area contributed by atoms with E-state index in [4.69, 9.17) is 9.47 Å². The average molecular weight is 375 g/mol. The molecule has 1 unspecified atom stereocenters. The fourth-order valence-electron chi connectivity index (χ4n) is 2.35. The summed E-state index contributed by atoms with van der Waals surface area (Å²) in [6, 6.07) is 9.99. The molecule has 0 spiro atoms. The van der Waals surface area contributed by atoms with Crippen LogP contribution >= 0.6 is 0 Å². The van der Waals surface area contributed by atoms with Crippen molar-refractivity contribution in [2.75, 3.05) is 5.32 Å². The van der Waals surface area contributed by atoms with Gasteiger partial charge < -0.3 is 19.9 Å². The fraction of sp³-hybridized carbons (Fsp3) is 0.300. The van der Waals surface area contributed by atoms with E-state index in [1.165, 1.54) is 36.4 Å². The quantitative estimate of drug-likeness (QED) is 0.725. The molecule has 0 bridgehead atoms. The van der Waals surface area contributed by atoms with E-state index < -0.39 is 23.8 Å².